The van der Waals surface area contributed by atoms with Crippen LogP contribution in [0.4, 0.5) is 5.69 Å². The zero-order valence-corrected chi connectivity index (χ0v) is 11.6. The molecule has 0 aliphatic rings. The number of hydrogen-bond acceptors (Lipinski definition) is 5. The maximum atomic E-state index is 12.2. The molecule has 2 N–H and O–H groups in total. The molecular weight excluding hydrogens is 254 g/mol. The highest BCUT2D eigenvalue weighted by atomic mass is 16.1. The third kappa shape index (κ3) is 3.50. The zero-order valence-electron chi connectivity index (χ0n) is 11.6. The Labute approximate surface area is 117 Å². The third-order valence-electron chi connectivity index (χ3n) is 2.71. The van der Waals surface area contributed by atoms with E-state index in [1.807, 2.05) is 26.0 Å². The van der Waals surface area contributed by atoms with Crippen LogP contribution in [0.15, 0.2) is 30.6 Å². The Kier molecular flexibility index (Phi) is 4.60. The van der Waals surface area contributed by atoms with Crippen molar-refractivity contribution in [3.63, 3.8) is 0 Å². The lowest BCUT2D eigenvalue weighted by molar-refractivity contribution is 0.0951. The van der Waals surface area contributed by atoms with Crippen LogP contribution in [0.3, 0.4) is 0 Å². The van der Waals surface area contributed by atoms with Gasteiger partial charge in [-0.1, -0.05) is 0 Å². The van der Waals surface area contributed by atoms with Gasteiger partial charge in [-0.3, -0.25) is 9.78 Å². The molecule has 0 aliphatic carbocycles. The van der Waals surface area contributed by atoms with Gasteiger partial charge in [-0.2, -0.15) is 10.2 Å². The standard InChI is InChI=1S/C14H17N5O/c1-3-15-13-7-10(2)16-9-12(13)14(20)17-8-11-5-4-6-18-19-11/h4-7,9H,3,8H2,1-2H3,(H,15,16)(H,17,20). The quantitative estimate of drug-likeness (QED) is 0.862. The van der Waals surface area contributed by atoms with Crippen molar-refractivity contribution in [2.75, 3.05) is 11.9 Å². The van der Waals surface area contributed by atoms with Crippen LogP contribution < -0.4 is 10.6 Å². The first-order valence-electron chi connectivity index (χ1n) is 6.46. The highest BCUT2D eigenvalue weighted by molar-refractivity contribution is 5.99. The van der Waals surface area contributed by atoms with E-state index in [2.05, 4.69) is 25.8 Å². The first-order chi connectivity index (χ1) is 9.70. The van der Waals surface area contributed by atoms with E-state index in [-0.39, 0.29) is 5.91 Å². The molecule has 0 saturated heterocycles. The van der Waals surface area contributed by atoms with Crippen LogP contribution in [-0.4, -0.2) is 27.6 Å². The molecule has 2 aromatic heterocycles. The summed E-state index contributed by atoms with van der Waals surface area (Å²) in [6.07, 6.45) is 3.18. The van der Waals surface area contributed by atoms with Crippen LogP contribution in [0.25, 0.3) is 0 Å². The number of carbonyl (C=O) groups excluding carboxylic acids is 1. The van der Waals surface area contributed by atoms with Gasteiger partial charge in [-0.05, 0) is 32.0 Å². The van der Waals surface area contributed by atoms with E-state index in [1.54, 1.807) is 18.5 Å². The molecule has 20 heavy (non-hydrogen) atoms. The number of pyridine rings is 1. The van der Waals surface area contributed by atoms with Crippen LogP contribution in [0.5, 0.6) is 0 Å². The summed E-state index contributed by atoms with van der Waals surface area (Å²) in [5, 5.41) is 13.7. The largest absolute Gasteiger partial charge is 0.385 e. The van der Waals surface area contributed by atoms with Gasteiger partial charge in [0, 0.05) is 24.6 Å². The second kappa shape index (κ2) is 6.60. The van der Waals surface area contributed by atoms with E-state index in [9.17, 15) is 4.79 Å². The van der Waals surface area contributed by atoms with Crippen molar-refractivity contribution in [3.05, 3.63) is 47.5 Å². The molecule has 104 valence electrons. The van der Waals surface area contributed by atoms with E-state index < -0.39 is 0 Å². The predicted molar refractivity (Wildman–Crippen MR) is 76.3 cm³/mol. The average Bonchev–Trinajstić information content (AvgIpc) is 2.46. The second-order valence-corrected chi connectivity index (χ2v) is 4.30. The minimum Gasteiger partial charge on any atom is -0.385 e. The van der Waals surface area contributed by atoms with Gasteiger partial charge >= 0.3 is 0 Å². The summed E-state index contributed by atoms with van der Waals surface area (Å²) in [7, 11) is 0. The maximum absolute atomic E-state index is 12.2. The summed E-state index contributed by atoms with van der Waals surface area (Å²) >= 11 is 0. The first-order valence-corrected chi connectivity index (χ1v) is 6.46. The van der Waals surface area contributed by atoms with Crippen LogP contribution in [0.2, 0.25) is 0 Å². The molecule has 0 aromatic carbocycles. The summed E-state index contributed by atoms with van der Waals surface area (Å²) in [6.45, 7) is 4.96. The Morgan fingerprint density at radius 3 is 2.95 bits per heavy atom. The average molecular weight is 271 g/mol. The molecule has 1 amide bonds. The fourth-order valence-corrected chi connectivity index (χ4v) is 1.77. The fourth-order valence-electron chi connectivity index (χ4n) is 1.77. The number of amides is 1. The van der Waals surface area contributed by atoms with Crippen molar-refractivity contribution in [1.82, 2.24) is 20.5 Å². The lowest BCUT2D eigenvalue weighted by Crippen LogP contribution is -2.24. The van der Waals surface area contributed by atoms with E-state index >= 15 is 0 Å². The Bertz CT molecular complexity index is 585. The van der Waals surface area contributed by atoms with E-state index in [0.29, 0.717) is 17.8 Å². The van der Waals surface area contributed by atoms with Gasteiger partial charge in [0.2, 0.25) is 0 Å². The second-order valence-electron chi connectivity index (χ2n) is 4.30. The van der Waals surface area contributed by atoms with Gasteiger partial charge in [0.1, 0.15) is 0 Å². The van der Waals surface area contributed by atoms with E-state index in [4.69, 9.17) is 0 Å². The SMILES string of the molecule is CCNc1cc(C)ncc1C(=O)NCc1cccnn1. The highest BCUT2D eigenvalue weighted by Crippen LogP contribution is 2.15. The molecule has 6 nitrogen and oxygen atoms in total. The third-order valence-corrected chi connectivity index (χ3v) is 2.71. The minimum absolute atomic E-state index is 0.181. The van der Waals surface area contributed by atoms with Crippen LogP contribution >= 0.6 is 0 Å². The van der Waals surface area contributed by atoms with Crippen molar-refractivity contribution >= 4 is 11.6 Å². The molecule has 0 fully saturated rings. The Balaban J connectivity index is 2.09. The van der Waals surface area contributed by atoms with Crippen molar-refractivity contribution in [2.45, 2.75) is 20.4 Å². The van der Waals surface area contributed by atoms with Crippen molar-refractivity contribution in [2.24, 2.45) is 0 Å². The molecule has 0 spiro atoms. The first kappa shape index (κ1) is 13.9. The molecule has 0 bridgehead atoms. The van der Waals surface area contributed by atoms with Crippen LogP contribution in [0.1, 0.15) is 28.7 Å². The minimum atomic E-state index is -0.181. The van der Waals surface area contributed by atoms with E-state index in [0.717, 1.165) is 17.9 Å². The maximum Gasteiger partial charge on any atom is 0.255 e. The van der Waals surface area contributed by atoms with Gasteiger partial charge in [-0.15, -0.1) is 0 Å². The zero-order chi connectivity index (χ0) is 14.4. The summed E-state index contributed by atoms with van der Waals surface area (Å²) in [5.74, 6) is -0.181. The predicted octanol–water partition coefficient (Wildman–Crippen LogP) is 1.54. The highest BCUT2D eigenvalue weighted by Gasteiger charge is 2.12. The molecular formula is C14H17N5O. The topological polar surface area (TPSA) is 79.8 Å². The number of aryl methyl sites for hydroxylation is 1. The van der Waals surface area contributed by atoms with Gasteiger partial charge in [-0.25, -0.2) is 0 Å². The monoisotopic (exact) mass is 271 g/mol. The summed E-state index contributed by atoms with van der Waals surface area (Å²) < 4.78 is 0. The van der Waals surface area contributed by atoms with Crippen molar-refractivity contribution in [1.29, 1.82) is 0 Å². The molecule has 2 heterocycles. The van der Waals surface area contributed by atoms with Gasteiger partial charge < -0.3 is 10.6 Å². The van der Waals surface area contributed by atoms with Crippen molar-refractivity contribution < 1.29 is 4.79 Å². The Hall–Kier alpha value is -2.50. The number of rotatable bonds is 5. The number of nitrogens with one attached hydrogen (secondary N) is 2. The molecule has 0 atom stereocenters. The number of aromatic nitrogens is 3. The Morgan fingerprint density at radius 1 is 1.40 bits per heavy atom. The number of carbonyl (C=O) groups is 1. The van der Waals surface area contributed by atoms with Gasteiger partial charge in [0.15, 0.2) is 0 Å². The van der Waals surface area contributed by atoms with Crippen LogP contribution in [-0.2, 0) is 6.54 Å². The number of nitrogens with zero attached hydrogens (tertiary/aromatic N) is 3. The van der Waals surface area contributed by atoms with Crippen molar-refractivity contribution in [3.8, 4) is 0 Å². The van der Waals surface area contributed by atoms with Crippen LogP contribution in [0, 0.1) is 6.92 Å². The van der Waals surface area contributed by atoms with Gasteiger partial charge in [0.05, 0.1) is 23.5 Å². The molecule has 0 saturated carbocycles. The Morgan fingerprint density at radius 2 is 2.25 bits per heavy atom. The molecule has 2 aromatic rings. The smallest absolute Gasteiger partial charge is 0.255 e. The van der Waals surface area contributed by atoms with E-state index in [1.165, 1.54) is 0 Å². The van der Waals surface area contributed by atoms with Gasteiger partial charge in [0.25, 0.3) is 5.91 Å². The molecule has 6 heteroatoms. The molecule has 0 radical (unpaired) electrons. The normalized spacial score (nSPS) is 10.1. The number of hydrogen-bond donors (Lipinski definition) is 2. The molecule has 0 unspecified atom stereocenters. The fraction of sp³-hybridized carbons (Fsp3) is 0.286. The lowest BCUT2D eigenvalue weighted by atomic mass is 10.2. The summed E-state index contributed by atoms with van der Waals surface area (Å²) in [6, 6.07) is 5.46. The summed E-state index contributed by atoms with van der Waals surface area (Å²) in [4.78, 5) is 16.4. The number of anilines is 1. The lowest BCUT2D eigenvalue weighted by Gasteiger charge is -2.11. The molecule has 2 rings (SSSR count). The molecule has 0 aliphatic heterocycles. The summed E-state index contributed by atoms with van der Waals surface area (Å²) in [5.41, 5.74) is 2.90.